The van der Waals surface area contributed by atoms with Crippen LogP contribution in [0.2, 0.25) is 0 Å². The molecular weight excluding hydrogens is 180 g/mol. The molecule has 0 heterocycles. The van der Waals surface area contributed by atoms with Gasteiger partial charge in [0.2, 0.25) is 0 Å². The molecule has 0 spiro atoms. The second-order valence-corrected chi connectivity index (χ2v) is 4.70. The second kappa shape index (κ2) is 4.49. The van der Waals surface area contributed by atoms with Gasteiger partial charge in [-0.1, -0.05) is 24.3 Å². The fraction of sp³-hybridized carbons (Fsp3) is 0.273. The molecule has 0 aliphatic rings. The van der Waals surface area contributed by atoms with E-state index in [1.54, 1.807) is 17.8 Å². The molecule has 1 atom stereocenters. The van der Waals surface area contributed by atoms with Gasteiger partial charge in [0, 0.05) is 4.90 Å². The summed E-state index contributed by atoms with van der Waals surface area (Å²) in [5, 5.41) is 9.15. The van der Waals surface area contributed by atoms with Crippen LogP contribution in [0.25, 0.3) is 0 Å². The van der Waals surface area contributed by atoms with Crippen molar-refractivity contribution in [3.8, 4) is 0 Å². The van der Waals surface area contributed by atoms with E-state index in [4.69, 9.17) is 5.11 Å². The van der Waals surface area contributed by atoms with Crippen molar-refractivity contribution in [3.05, 3.63) is 43.0 Å². The summed E-state index contributed by atoms with van der Waals surface area (Å²) < 4.78 is -0.276. The minimum absolute atomic E-state index is 0.107. The van der Waals surface area contributed by atoms with Gasteiger partial charge < -0.3 is 5.11 Å². The largest absolute Gasteiger partial charge is 0.395 e. The summed E-state index contributed by atoms with van der Waals surface area (Å²) in [7, 11) is 0. The van der Waals surface area contributed by atoms with Crippen molar-refractivity contribution in [3.63, 3.8) is 0 Å². The number of rotatable bonds is 4. The molecule has 1 rings (SSSR count). The quantitative estimate of drug-likeness (QED) is 0.587. The minimum atomic E-state index is -0.276. The van der Waals surface area contributed by atoms with Crippen LogP contribution in [-0.4, -0.2) is 16.5 Å². The topological polar surface area (TPSA) is 20.2 Å². The molecule has 1 N–H and O–H groups in total. The highest BCUT2D eigenvalue weighted by atomic mass is 32.2. The SMILES string of the molecule is C=CC(C)(CO)Sc1ccccc1. The van der Waals surface area contributed by atoms with E-state index < -0.39 is 0 Å². The average Bonchev–Trinajstić information content (AvgIpc) is 2.19. The smallest absolute Gasteiger partial charge is 0.0614 e. The van der Waals surface area contributed by atoms with E-state index >= 15 is 0 Å². The molecule has 0 saturated carbocycles. The van der Waals surface area contributed by atoms with Crippen LogP contribution in [0.5, 0.6) is 0 Å². The van der Waals surface area contributed by atoms with Crippen LogP contribution in [0.15, 0.2) is 47.9 Å². The molecule has 1 nitrogen and oxygen atoms in total. The van der Waals surface area contributed by atoms with Crippen LogP contribution >= 0.6 is 11.8 Å². The molecule has 0 saturated heterocycles. The predicted molar refractivity (Wildman–Crippen MR) is 58.0 cm³/mol. The first-order valence-corrected chi connectivity index (χ1v) is 5.00. The summed E-state index contributed by atoms with van der Waals surface area (Å²) in [5.41, 5.74) is 0. The Morgan fingerprint density at radius 1 is 1.46 bits per heavy atom. The van der Waals surface area contributed by atoms with Crippen LogP contribution in [-0.2, 0) is 0 Å². The van der Waals surface area contributed by atoms with E-state index in [1.165, 1.54) is 0 Å². The van der Waals surface area contributed by atoms with E-state index in [-0.39, 0.29) is 11.4 Å². The summed E-state index contributed by atoms with van der Waals surface area (Å²) in [6, 6.07) is 10.0. The zero-order chi connectivity index (χ0) is 9.73. The number of benzene rings is 1. The molecule has 1 unspecified atom stereocenters. The third-order valence-corrected chi connectivity index (χ3v) is 3.11. The summed E-state index contributed by atoms with van der Waals surface area (Å²) >= 11 is 1.62. The van der Waals surface area contributed by atoms with Gasteiger partial charge in [-0.15, -0.1) is 18.3 Å². The average molecular weight is 194 g/mol. The van der Waals surface area contributed by atoms with Crippen molar-refractivity contribution < 1.29 is 5.11 Å². The third kappa shape index (κ3) is 2.90. The van der Waals surface area contributed by atoms with Gasteiger partial charge in [-0.25, -0.2) is 0 Å². The van der Waals surface area contributed by atoms with Crippen LogP contribution in [0.4, 0.5) is 0 Å². The van der Waals surface area contributed by atoms with Crippen molar-refractivity contribution >= 4 is 11.8 Å². The van der Waals surface area contributed by atoms with Gasteiger partial charge in [0.15, 0.2) is 0 Å². The lowest BCUT2D eigenvalue weighted by atomic mass is 10.2. The van der Waals surface area contributed by atoms with Gasteiger partial charge >= 0.3 is 0 Å². The van der Waals surface area contributed by atoms with Gasteiger partial charge in [-0.2, -0.15) is 0 Å². The Morgan fingerprint density at radius 2 is 2.08 bits per heavy atom. The Labute approximate surface area is 83.5 Å². The van der Waals surface area contributed by atoms with Gasteiger partial charge in [0.25, 0.3) is 0 Å². The lowest BCUT2D eigenvalue weighted by Crippen LogP contribution is -2.21. The molecule has 0 aromatic heterocycles. The summed E-state index contributed by atoms with van der Waals surface area (Å²) in [5.74, 6) is 0. The van der Waals surface area contributed by atoms with E-state index in [2.05, 4.69) is 6.58 Å². The third-order valence-electron chi connectivity index (χ3n) is 1.84. The number of aliphatic hydroxyl groups excluding tert-OH is 1. The molecule has 0 bridgehead atoms. The molecule has 70 valence electrons. The first-order valence-electron chi connectivity index (χ1n) is 4.19. The monoisotopic (exact) mass is 194 g/mol. The molecule has 2 heteroatoms. The first kappa shape index (κ1) is 10.4. The van der Waals surface area contributed by atoms with E-state index in [0.717, 1.165) is 4.90 Å². The van der Waals surface area contributed by atoms with E-state index in [1.807, 2.05) is 37.3 Å². The van der Waals surface area contributed by atoms with Gasteiger partial charge in [-0.3, -0.25) is 0 Å². The van der Waals surface area contributed by atoms with Crippen LogP contribution in [0, 0.1) is 0 Å². The molecule has 13 heavy (non-hydrogen) atoms. The highest BCUT2D eigenvalue weighted by Crippen LogP contribution is 2.32. The zero-order valence-electron chi connectivity index (χ0n) is 7.73. The molecule has 1 aromatic rings. The van der Waals surface area contributed by atoms with Gasteiger partial charge in [-0.05, 0) is 19.1 Å². The Bertz CT molecular complexity index is 271. The number of hydrogen-bond acceptors (Lipinski definition) is 2. The summed E-state index contributed by atoms with van der Waals surface area (Å²) in [4.78, 5) is 1.15. The maximum absolute atomic E-state index is 9.15. The van der Waals surface area contributed by atoms with Crippen molar-refractivity contribution in [1.29, 1.82) is 0 Å². The highest BCUT2D eigenvalue weighted by molar-refractivity contribution is 8.00. The minimum Gasteiger partial charge on any atom is -0.395 e. The van der Waals surface area contributed by atoms with Gasteiger partial charge in [0.05, 0.1) is 11.4 Å². The van der Waals surface area contributed by atoms with Crippen molar-refractivity contribution in [2.75, 3.05) is 6.61 Å². The summed E-state index contributed by atoms with van der Waals surface area (Å²) in [6.45, 7) is 5.80. The van der Waals surface area contributed by atoms with Gasteiger partial charge in [0.1, 0.15) is 0 Å². The standard InChI is InChI=1S/C11H14OS/c1-3-11(2,9-12)13-10-7-5-4-6-8-10/h3-8,12H,1,9H2,2H3. The predicted octanol–water partition coefficient (Wildman–Crippen LogP) is 2.72. The highest BCUT2D eigenvalue weighted by Gasteiger charge is 2.19. The zero-order valence-corrected chi connectivity index (χ0v) is 8.55. The molecule has 0 radical (unpaired) electrons. The molecule has 0 aliphatic carbocycles. The van der Waals surface area contributed by atoms with Crippen LogP contribution in [0.3, 0.4) is 0 Å². The number of hydrogen-bond donors (Lipinski definition) is 1. The Balaban J connectivity index is 2.73. The Morgan fingerprint density at radius 3 is 2.54 bits per heavy atom. The second-order valence-electron chi connectivity index (χ2n) is 3.09. The Hall–Kier alpha value is -0.730. The van der Waals surface area contributed by atoms with Crippen LogP contribution in [0.1, 0.15) is 6.92 Å². The maximum atomic E-state index is 9.15. The number of thioether (sulfide) groups is 1. The lowest BCUT2D eigenvalue weighted by Gasteiger charge is -2.21. The molecule has 1 aromatic carbocycles. The van der Waals surface area contributed by atoms with Crippen molar-refractivity contribution in [1.82, 2.24) is 0 Å². The fourth-order valence-corrected chi connectivity index (χ4v) is 1.88. The van der Waals surface area contributed by atoms with E-state index in [9.17, 15) is 0 Å². The van der Waals surface area contributed by atoms with Crippen molar-refractivity contribution in [2.45, 2.75) is 16.6 Å². The summed E-state index contributed by atoms with van der Waals surface area (Å²) in [6.07, 6.45) is 1.78. The Kier molecular flexibility index (Phi) is 3.58. The lowest BCUT2D eigenvalue weighted by molar-refractivity contribution is 0.276. The van der Waals surface area contributed by atoms with Crippen LogP contribution < -0.4 is 0 Å². The normalized spacial score (nSPS) is 14.9. The molecular formula is C11H14OS. The fourth-order valence-electron chi connectivity index (χ4n) is 0.896. The molecule has 0 amide bonds. The molecule has 0 aliphatic heterocycles. The first-order chi connectivity index (χ1) is 6.20. The van der Waals surface area contributed by atoms with E-state index in [0.29, 0.717) is 0 Å². The van der Waals surface area contributed by atoms with Crippen molar-refractivity contribution in [2.24, 2.45) is 0 Å². The maximum Gasteiger partial charge on any atom is 0.0614 e. The molecule has 0 fully saturated rings. The number of aliphatic hydroxyl groups is 1.